The van der Waals surface area contributed by atoms with E-state index in [1.807, 2.05) is 47.9 Å². The van der Waals surface area contributed by atoms with Crippen LogP contribution in [0.1, 0.15) is 12.5 Å². The highest BCUT2D eigenvalue weighted by atomic mass is 79.9. The van der Waals surface area contributed by atoms with E-state index in [2.05, 4.69) is 52.6 Å². The standard InChI is InChI=1S/C25H20Br2ClN5O3S/c1-2-36-20-9-7-19(8-10-20)33-24(15-3-5-18(28)6-4-15)31-32-25(33)37-14-22(34)30-29-13-16-11-17(26)12-21(27)23(16)35/h3-13H,2,14H2,1H3,(H2,29,30,34,35). The van der Waals surface area contributed by atoms with Crippen LogP contribution in [-0.4, -0.2) is 34.7 Å². The summed E-state index contributed by atoms with van der Waals surface area (Å²) in [4.78, 5) is 12.5. The van der Waals surface area contributed by atoms with Crippen LogP contribution in [0.3, 0.4) is 0 Å². The molecule has 4 rings (SSSR count). The molecule has 1 heterocycles. The maximum Gasteiger partial charge on any atom is 0.342 e. The van der Waals surface area contributed by atoms with E-state index in [9.17, 15) is 9.90 Å². The Kier molecular flexibility index (Phi) is 9.25. The molecule has 190 valence electrons. The summed E-state index contributed by atoms with van der Waals surface area (Å²) in [5, 5.41) is 24.8. The highest BCUT2D eigenvalue weighted by Gasteiger charge is 2.24. The maximum absolute atomic E-state index is 12.5. The van der Waals surface area contributed by atoms with E-state index < -0.39 is 0 Å². The Morgan fingerprint density at radius 1 is 1.22 bits per heavy atom. The number of benzene rings is 3. The molecule has 0 bridgehead atoms. The topological polar surface area (TPSA) is 106 Å². The monoisotopic (exact) mass is 663 g/mol. The summed E-state index contributed by atoms with van der Waals surface area (Å²) in [6, 6.07) is 18.3. The number of ether oxygens (including phenoxy) is 1. The van der Waals surface area contributed by atoms with Gasteiger partial charge in [-0.3, -0.25) is 4.79 Å². The number of thioether (sulfide) groups is 1. The zero-order chi connectivity index (χ0) is 26.4. The lowest BCUT2D eigenvalue weighted by Crippen LogP contribution is -2.34. The van der Waals surface area contributed by atoms with Gasteiger partial charge in [-0.05, 0) is 84.9 Å². The van der Waals surface area contributed by atoms with Gasteiger partial charge in [-0.2, -0.15) is 9.67 Å². The van der Waals surface area contributed by atoms with E-state index in [1.54, 1.807) is 24.3 Å². The fourth-order valence-corrected chi connectivity index (χ4v) is 5.45. The van der Waals surface area contributed by atoms with E-state index in [0.29, 0.717) is 26.8 Å². The van der Waals surface area contributed by atoms with Gasteiger partial charge >= 0.3 is 5.16 Å². The predicted molar refractivity (Wildman–Crippen MR) is 149 cm³/mol. The lowest BCUT2D eigenvalue weighted by molar-refractivity contribution is -0.625. The molecular formula is C25H20Br2ClN5O3S. The first-order chi connectivity index (χ1) is 17.9. The van der Waals surface area contributed by atoms with Crippen LogP contribution in [-0.2, 0) is 4.79 Å². The SMILES string of the molecule is CCOc1ccc(-[n+]2c(SCC(=O)N/N=C/c3cc(Br)cc(Br)c3[O-])n[nH]c2-c2ccc(Cl)cc2)cc1. The second-order valence-corrected chi connectivity index (χ2v) is 10.7. The Labute approximate surface area is 239 Å². The molecule has 0 spiro atoms. The van der Waals surface area contributed by atoms with Crippen LogP contribution >= 0.6 is 55.2 Å². The number of carbonyl (C=O) groups excluding carboxylic acids is 1. The molecule has 0 atom stereocenters. The first kappa shape index (κ1) is 27.2. The minimum atomic E-state index is -0.350. The summed E-state index contributed by atoms with van der Waals surface area (Å²) in [7, 11) is 0. The number of rotatable bonds is 9. The molecule has 0 aliphatic carbocycles. The van der Waals surface area contributed by atoms with Gasteiger partial charge in [0.25, 0.3) is 11.7 Å². The minimum Gasteiger partial charge on any atom is -0.871 e. The number of aromatic nitrogens is 3. The van der Waals surface area contributed by atoms with Gasteiger partial charge in [0.1, 0.15) is 11.4 Å². The average molecular weight is 666 g/mol. The highest BCUT2D eigenvalue weighted by Crippen LogP contribution is 2.28. The molecule has 0 saturated heterocycles. The second-order valence-electron chi connectivity index (χ2n) is 7.51. The fourth-order valence-electron chi connectivity index (χ4n) is 3.30. The third-order valence-corrected chi connectivity index (χ3v) is 7.20. The molecule has 0 aliphatic rings. The number of hydrogen-bond acceptors (Lipinski definition) is 6. The Morgan fingerprint density at radius 2 is 1.95 bits per heavy atom. The summed E-state index contributed by atoms with van der Waals surface area (Å²) in [5.74, 6) is 0.958. The quantitative estimate of drug-likeness (QED) is 0.110. The summed E-state index contributed by atoms with van der Waals surface area (Å²) >= 11 is 13.8. The van der Waals surface area contributed by atoms with Gasteiger partial charge in [0.2, 0.25) is 0 Å². The van der Waals surface area contributed by atoms with Gasteiger partial charge in [-0.25, -0.2) is 5.43 Å². The molecule has 2 N–H and O–H groups in total. The van der Waals surface area contributed by atoms with Crippen molar-refractivity contribution in [3.05, 3.63) is 80.2 Å². The summed E-state index contributed by atoms with van der Waals surface area (Å²) in [6.45, 7) is 2.50. The molecule has 1 amide bonds. The van der Waals surface area contributed by atoms with Crippen LogP contribution in [0.5, 0.6) is 11.5 Å². The molecule has 0 aliphatic heterocycles. The van der Waals surface area contributed by atoms with Crippen molar-refractivity contribution < 1.29 is 19.2 Å². The zero-order valence-corrected chi connectivity index (χ0v) is 24.1. The van der Waals surface area contributed by atoms with Crippen molar-refractivity contribution in [2.45, 2.75) is 12.1 Å². The van der Waals surface area contributed by atoms with Crippen LogP contribution in [0, 0.1) is 0 Å². The van der Waals surface area contributed by atoms with Crippen molar-refractivity contribution in [3.8, 4) is 28.6 Å². The van der Waals surface area contributed by atoms with E-state index in [4.69, 9.17) is 16.3 Å². The summed E-state index contributed by atoms with van der Waals surface area (Å²) in [6.07, 6.45) is 1.31. The Hall–Kier alpha value is -2.86. The van der Waals surface area contributed by atoms with Gasteiger partial charge in [0, 0.05) is 14.0 Å². The second kappa shape index (κ2) is 12.6. The number of nitrogens with zero attached hydrogens (tertiary/aromatic N) is 3. The summed E-state index contributed by atoms with van der Waals surface area (Å²) < 4.78 is 8.60. The molecule has 4 aromatic rings. The lowest BCUT2D eigenvalue weighted by atomic mass is 10.2. The average Bonchev–Trinajstić information content (AvgIpc) is 3.30. The van der Waals surface area contributed by atoms with Crippen molar-refractivity contribution in [2.75, 3.05) is 12.4 Å². The highest BCUT2D eigenvalue weighted by molar-refractivity contribution is 9.11. The Morgan fingerprint density at radius 3 is 2.65 bits per heavy atom. The molecule has 37 heavy (non-hydrogen) atoms. The number of hydrogen-bond donors (Lipinski definition) is 2. The van der Waals surface area contributed by atoms with Crippen molar-refractivity contribution in [1.29, 1.82) is 0 Å². The maximum atomic E-state index is 12.5. The van der Waals surface area contributed by atoms with E-state index in [0.717, 1.165) is 27.3 Å². The van der Waals surface area contributed by atoms with Crippen LogP contribution in [0.4, 0.5) is 0 Å². The number of carbonyl (C=O) groups is 1. The van der Waals surface area contributed by atoms with E-state index >= 15 is 0 Å². The number of H-pyrrole nitrogens is 1. The van der Waals surface area contributed by atoms with E-state index in [-0.39, 0.29) is 17.4 Å². The lowest BCUT2D eigenvalue weighted by Gasteiger charge is -2.12. The Bertz CT molecular complexity index is 1430. The molecular weight excluding hydrogens is 646 g/mol. The van der Waals surface area contributed by atoms with Gasteiger partial charge in [-0.15, -0.1) is 5.10 Å². The Balaban J connectivity index is 1.52. The molecule has 3 aromatic carbocycles. The van der Waals surface area contributed by atoms with E-state index in [1.165, 1.54) is 18.0 Å². The van der Waals surface area contributed by atoms with Crippen molar-refractivity contribution >= 4 is 67.3 Å². The largest absolute Gasteiger partial charge is 0.871 e. The van der Waals surface area contributed by atoms with Gasteiger partial charge < -0.3 is 9.84 Å². The number of halogens is 3. The first-order valence-electron chi connectivity index (χ1n) is 11.0. The number of nitrogens with one attached hydrogen (secondary N) is 2. The first-order valence-corrected chi connectivity index (χ1v) is 13.9. The molecule has 0 fully saturated rings. The fraction of sp³-hybridized carbons (Fsp3) is 0.120. The van der Waals surface area contributed by atoms with Gasteiger partial charge in [0.15, 0.2) is 0 Å². The zero-order valence-electron chi connectivity index (χ0n) is 19.4. The van der Waals surface area contributed by atoms with Crippen LogP contribution in [0.15, 0.2) is 79.9 Å². The smallest absolute Gasteiger partial charge is 0.342 e. The van der Waals surface area contributed by atoms with Gasteiger partial charge in [0.05, 0.1) is 29.2 Å². The van der Waals surface area contributed by atoms with Crippen molar-refractivity contribution in [1.82, 2.24) is 15.6 Å². The van der Waals surface area contributed by atoms with Crippen molar-refractivity contribution in [2.24, 2.45) is 5.10 Å². The van der Waals surface area contributed by atoms with Crippen LogP contribution < -0.4 is 19.8 Å². The predicted octanol–water partition coefficient (Wildman–Crippen LogP) is 5.25. The molecule has 12 heteroatoms. The summed E-state index contributed by atoms with van der Waals surface area (Å²) in [5.41, 5.74) is 4.50. The molecule has 8 nitrogen and oxygen atoms in total. The molecule has 0 unspecified atom stereocenters. The third kappa shape index (κ3) is 6.92. The normalized spacial score (nSPS) is 11.1. The van der Waals surface area contributed by atoms with Crippen LogP contribution in [0.25, 0.3) is 17.1 Å². The molecule has 0 radical (unpaired) electrons. The number of aromatic amines is 1. The minimum absolute atomic E-state index is 0.0473. The van der Waals surface area contributed by atoms with Crippen molar-refractivity contribution in [3.63, 3.8) is 0 Å². The number of hydrazone groups is 1. The van der Waals surface area contributed by atoms with Crippen LogP contribution in [0.2, 0.25) is 5.02 Å². The number of amides is 1. The molecule has 0 saturated carbocycles. The third-order valence-electron chi connectivity index (χ3n) is 4.96. The molecule has 1 aromatic heterocycles. The van der Waals surface area contributed by atoms with Gasteiger partial charge in [-0.1, -0.05) is 49.2 Å².